The van der Waals surface area contributed by atoms with Crippen LogP contribution < -0.4 is 9.62 Å². The summed E-state index contributed by atoms with van der Waals surface area (Å²) in [5.41, 5.74) is 2.87. The molecule has 0 radical (unpaired) electrons. The maximum absolute atomic E-state index is 12.7. The number of hydrogen-bond donors (Lipinski definition) is 2. The lowest BCUT2D eigenvalue weighted by Crippen LogP contribution is -2.29. The summed E-state index contributed by atoms with van der Waals surface area (Å²) in [7, 11) is -2.18. The van der Waals surface area contributed by atoms with Crippen molar-refractivity contribution in [2.45, 2.75) is 31.1 Å². The minimum atomic E-state index is -3.55. The Morgan fingerprint density at radius 3 is 2.88 bits per heavy atom. The van der Waals surface area contributed by atoms with Crippen LogP contribution in [0.1, 0.15) is 35.1 Å². The molecule has 7 nitrogen and oxygen atoms in total. The monoisotopic (exact) mass is 348 g/mol. The number of carbonyl (C=O) groups is 1. The molecule has 1 aliphatic rings. The molecule has 2 aromatic rings. The molecule has 0 spiro atoms. The van der Waals surface area contributed by atoms with Crippen molar-refractivity contribution in [2.24, 2.45) is 0 Å². The highest BCUT2D eigenvalue weighted by Crippen LogP contribution is 2.31. The number of benzene rings is 1. The minimum absolute atomic E-state index is 0.150. The number of amides is 1. The number of rotatable bonds is 5. The van der Waals surface area contributed by atoms with Gasteiger partial charge in [0.05, 0.1) is 4.90 Å². The zero-order valence-electron chi connectivity index (χ0n) is 13.7. The number of aromatic amines is 1. The Hall–Kier alpha value is -2.19. The third-order valence-electron chi connectivity index (χ3n) is 4.15. The normalized spacial score (nSPS) is 14.0. The van der Waals surface area contributed by atoms with E-state index in [0.29, 0.717) is 24.3 Å². The van der Waals surface area contributed by atoms with E-state index in [1.807, 2.05) is 0 Å². The minimum Gasteiger partial charge on any atom is -0.306 e. The number of nitrogens with one attached hydrogen (secondary N) is 2. The van der Waals surface area contributed by atoms with Crippen molar-refractivity contribution in [1.82, 2.24) is 14.9 Å². The lowest BCUT2D eigenvalue weighted by atomic mass is 10.2. The molecule has 0 bridgehead atoms. The average Bonchev–Trinajstić information content (AvgIpc) is 3.20. The van der Waals surface area contributed by atoms with Gasteiger partial charge in [0.2, 0.25) is 10.0 Å². The number of sulfonamides is 1. The van der Waals surface area contributed by atoms with Crippen LogP contribution in [0.3, 0.4) is 0 Å². The summed E-state index contributed by atoms with van der Waals surface area (Å²) in [6, 6.07) is 6.64. The molecule has 1 aromatic heterocycles. The largest absolute Gasteiger partial charge is 0.306 e. The third-order valence-corrected chi connectivity index (χ3v) is 5.56. The second-order valence-corrected chi connectivity index (χ2v) is 7.62. The van der Waals surface area contributed by atoms with E-state index in [0.717, 1.165) is 24.1 Å². The van der Waals surface area contributed by atoms with Gasteiger partial charge in [-0.25, -0.2) is 13.1 Å². The number of aryl methyl sites for hydroxylation is 1. The van der Waals surface area contributed by atoms with Gasteiger partial charge in [-0.2, -0.15) is 5.10 Å². The van der Waals surface area contributed by atoms with E-state index in [4.69, 9.17) is 0 Å². The van der Waals surface area contributed by atoms with Gasteiger partial charge < -0.3 is 4.90 Å². The quantitative estimate of drug-likeness (QED) is 0.855. The molecule has 0 unspecified atom stereocenters. The van der Waals surface area contributed by atoms with E-state index in [1.54, 1.807) is 29.2 Å². The highest BCUT2D eigenvalue weighted by atomic mass is 32.2. The molecule has 128 valence electrons. The number of aromatic nitrogens is 2. The molecule has 8 heteroatoms. The van der Waals surface area contributed by atoms with E-state index in [2.05, 4.69) is 21.8 Å². The molecule has 3 rings (SSSR count). The van der Waals surface area contributed by atoms with Crippen molar-refractivity contribution in [2.75, 3.05) is 18.5 Å². The van der Waals surface area contributed by atoms with Crippen molar-refractivity contribution >= 4 is 21.6 Å². The third kappa shape index (κ3) is 2.94. The lowest BCUT2D eigenvalue weighted by Gasteiger charge is -2.16. The predicted octanol–water partition coefficient (Wildman–Crippen LogP) is 1.47. The second kappa shape index (κ2) is 6.37. The van der Waals surface area contributed by atoms with Crippen molar-refractivity contribution in [3.05, 3.63) is 41.2 Å². The van der Waals surface area contributed by atoms with Gasteiger partial charge in [0.15, 0.2) is 5.69 Å². The van der Waals surface area contributed by atoms with E-state index in [1.165, 1.54) is 7.05 Å². The van der Waals surface area contributed by atoms with Crippen LogP contribution in [0.15, 0.2) is 29.2 Å². The van der Waals surface area contributed by atoms with Crippen LogP contribution in [-0.4, -0.2) is 38.1 Å². The van der Waals surface area contributed by atoms with Crippen LogP contribution in [0, 0.1) is 0 Å². The molecule has 0 saturated carbocycles. The Bertz CT molecular complexity index is 873. The number of carbonyl (C=O) groups excluding carboxylic acids is 1. The lowest BCUT2D eigenvalue weighted by molar-refractivity contribution is 0.0984. The van der Waals surface area contributed by atoms with E-state index in [9.17, 15) is 13.2 Å². The summed E-state index contributed by atoms with van der Waals surface area (Å²) in [4.78, 5) is 14.5. The van der Waals surface area contributed by atoms with Gasteiger partial charge >= 0.3 is 0 Å². The molecule has 24 heavy (non-hydrogen) atoms. The summed E-state index contributed by atoms with van der Waals surface area (Å²) in [6.07, 6.45) is 2.50. The van der Waals surface area contributed by atoms with Crippen molar-refractivity contribution in [3.63, 3.8) is 0 Å². The van der Waals surface area contributed by atoms with Crippen LogP contribution in [0.2, 0.25) is 0 Å². The molecule has 1 aromatic carbocycles. The SMILES string of the molecule is CCCc1cc(C(=O)N2CCc3ccc(S(=O)(=O)NC)cc32)n[nH]1. The smallest absolute Gasteiger partial charge is 0.278 e. The molecule has 2 N–H and O–H groups in total. The standard InChI is InChI=1S/C16H20N4O3S/c1-3-4-12-9-14(19-18-12)16(21)20-8-7-11-5-6-13(10-15(11)20)24(22,23)17-2/h5-6,9-10,17H,3-4,7-8H2,1-2H3,(H,18,19). The van der Waals surface area contributed by atoms with Gasteiger partial charge in [0.25, 0.3) is 5.91 Å². The summed E-state index contributed by atoms with van der Waals surface area (Å²) in [6.45, 7) is 2.58. The molecule has 1 aliphatic heterocycles. The first-order chi connectivity index (χ1) is 11.5. The Labute approximate surface area is 141 Å². The molecule has 0 atom stereocenters. The first-order valence-electron chi connectivity index (χ1n) is 7.89. The summed E-state index contributed by atoms with van der Waals surface area (Å²) >= 11 is 0. The second-order valence-electron chi connectivity index (χ2n) is 5.73. The van der Waals surface area contributed by atoms with E-state index in [-0.39, 0.29) is 10.8 Å². The molecule has 0 saturated heterocycles. The number of anilines is 1. The van der Waals surface area contributed by atoms with Crippen molar-refractivity contribution in [1.29, 1.82) is 0 Å². The van der Waals surface area contributed by atoms with Gasteiger partial charge in [-0.05, 0) is 43.7 Å². The molecular formula is C16H20N4O3S. The van der Waals surface area contributed by atoms with E-state index >= 15 is 0 Å². The topological polar surface area (TPSA) is 95.2 Å². The fraction of sp³-hybridized carbons (Fsp3) is 0.375. The van der Waals surface area contributed by atoms with Gasteiger partial charge in [-0.3, -0.25) is 9.89 Å². The molecule has 0 aliphatic carbocycles. The van der Waals surface area contributed by atoms with Crippen LogP contribution >= 0.6 is 0 Å². The van der Waals surface area contributed by atoms with Crippen LogP contribution in [0.4, 0.5) is 5.69 Å². The Kier molecular flexibility index (Phi) is 4.42. The fourth-order valence-corrected chi connectivity index (χ4v) is 3.61. The number of hydrogen-bond acceptors (Lipinski definition) is 4. The van der Waals surface area contributed by atoms with Crippen LogP contribution in [-0.2, 0) is 22.9 Å². The number of fused-ring (bicyclic) bond motifs is 1. The van der Waals surface area contributed by atoms with Crippen LogP contribution in [0.5, 0.6) is 0 Å². The summed E-state index contributed by atoms with van der Waals surface area (Å²) < 4.78 is 26.3. The zero-order chi connectivity index (χ0) is 17.3. The zero-order valence-corrected chi connectivity index (χ0v) is 14.5. The predicted molar refractivity (Wildman–Crippen MR) is 90.7 cm³/mol. The van der Waals surface area contributed by atoms with Crippen molar-refractivity contribution < 1.29 is 13.2 Å². The Balaban J connectivity index is 1.92. The molecule has 2 heterocycles. The summed E-state index contributed by atoms with van der Waals surface area (Å²) in [5, 5.41) is 6.97. The highest BCUT2D eigenvalue weighted by molar-refractivity contribution is 7.89. The Morgan fingerprint density at radius 2 is 2.17 bits per heavy atom. The average molecular weight is 348 g/mol. The van der Waals surface area contributed by atoms with Crippen LogP contribution in [0.25, 0.3) is 0 Å². The van der Waals surface area contributed by atoms with Crippen molar-refractivity contribution in [3.8, 4) is 0 Å². The Morgan fingerprint density at radius 1 is 1.38 bits per heavy atom. The highest BCUT2D eigenvalue weighted by Gasteiger charge is 2.28. The van der Waals surface area contributed by atoms with Gasteiger partial charge in [0.1, 0.15) is 0 Å². The molecule has 1 amide bonds. The molecular weight excluding hydrogens is 328 g/mol. The van der Waals surface area contributed by atoms with Gasteiger partial charge in [-0.15, -0.1) is 0 Å². The van der Waals surface area contributed by atoms with E-state index < -0.39 is 10.0 Å². The first kappa shape index (κ1) is 16.7. The first-order valence-corrected chi connectivity index (χ1v) is 9.37. The van der Waals surface area contributed by atoms with Gasteiger partial charge in [-0.1, -0.05) is 19.4 Å². The maximum atomic E-state index is 12.7. The maximum Gasteiger partial charge on any atom is 0.278 e. The number of H-pyrrole nitrogens is 1. The summed E-state index contributed by atoms with van der Waals surface area (Å²) in [5.74, 6) is -0.216. The fourth-order valence-electron chi connectivity index (χ4n) is 2.86. The van der Waals surface area contributed by atoms with Gasteiger partial charge in [0, 0.05) is 17.9 Å². The number of nitrogens with zero attached hydrogens (tertiary/aromatic N) is 2. The molecule has 0 fully saturated rings.